The van der Waals surface area contributed by atoms with Gasteiger partial charge in [-0.3, -0.25) is 10.2 Å². The molecule has 236 valence electrons. The van der Waals surface area contributed by atoms with Gasteiger partial charge >= 0.3 is 12.1 Å². The smallest absolute Gasteiger partial charge is 0.411 e. The molecule has 2 N–H and O–H groups in total. The number of aromatic nitrogens is 1. The van der Waals surface area contributed by atoms with Crippen LogP contribution in [0.3, 0.4) is 0 Å². The van der Waals surface area contributed by atoms with E-state index in [0.717, 1.165) is 11.1 Å². The highest BCUT2D eigenvalue weighted by Gasteiger charge is 2.32. The van der Waals surface area contributed by atoms with Crippen LogP contribution in [-0.2, 0) is 21.3 Å². The Kier molecular flexibility index (Phi) is 9.28. The lowest BCUT2D eigenvalue weighted by Crippen LogP contribution is -2.40. The zero-order valence-corrected chi connectivity index (χ0v) is 27.5. The maximum Gasteiger partial charge on any atom is 0.411 e. The summed E-state index contributed by atoms with van der Waals surface area (Å²) in [6.07, 6.45) is 0.888. The van der Waals surface area contributed by atoms with Gasteiger partial charge in [-0.05, 0) is 76.6 Å². The monoisotopic (exact) mass is 647 g/mol. The molecule has 0 bridgehead atoms. The maximum absolute atomic E-state index is 13.8. The first-order valence-corrected chi connectivity index (χ1v) is 16.9. The first-order valence-electron chi connectivity index (χ1n) is 14.6. The average Bonchev–Trinajstić information content (AvgIpc) is 3.59. The van der Waals surface area contributed by atoms with E-state index in [1.54, 1.807) is 80.9 Å². The van der Waals surface area contributed by atoms with Crippen LogP contribution < -0.4 is 14.9 Å². The highest BCUT2D eigenvalue weighted by Crippen LogP contribution is 2.38. The summed E-state index contributed by atoms with van der Waals surface area (Å²) in [5, 5.41) is 3.37. The van der Waals surface area contributed by atoms with Crippen LogP contribution >= 0.6 is 11.3 Å². The molecule has 5 rings (SSSR count). The zero-order valence-electron chi connectivity index (χ0n) is 25.9. The van der Waals surface area contributed by atoms with Crippen LogP contribution in [0.2, 0.25) is 0 Å². The van der Waals surface area contributed by atoms with Gasteiger partial charge in [0, 0.05) is 53.9 Å². The lowest BCUT2D eigenvalue weighted by molar-refractivity contribution is 0.130. The first-order chi connectivity index (χ1) is 21.3. The van der Waals surface area contributed by atoms with Gasteiger partial charge in [-0.2, -0.15) is 0 Å². The molecule has 10 nitrogen and oxygen atoms in total. The van der Waals surface area contributed by atoms with Gasteiger partial charge in [0.1, 0.15) is 5.01 Å². The van der Waals surface area contributed by atoms with Crippen molar-refractivity contribution in [1.29, 1.82) is 0 Å². The molecule has 12 heteroatoms. The molecule has 4 aromatic rings. The summed E-state index contributed by atoms with van der Waals surface area (Å²) in [4.78, 5) is 34.0. The Balaban J connectivity index is 1.43. The molecule has 3 aromatic carbocycles. The minimum Gasteiger partial charge on any atom is -0.447 e. The SMILES string of the molecule is CC(C)OC(=O)Nc1ccc(-c2ncc(-c3ccc(N4CCN(Cc5ccccc5)C4=O)cc3S(=O)(=O)NC(C)(C)C)s2)cc1. The van der Waals surface area contributed by atoms with Gasteiger partial charge in [0.15, 0.2) is 0 Å². The molecular formula is C33H37N5O5S2. The molecule has 1 aliphatic heterocycles. The van der Waals surface area contributed by atoms with E-state index >= 15 is 0 Å². The van der Waals surface area contributed by atoms with Gasteiger partial charge in [0.05, 0.1) is 15.9 Å². The summed E-state index contributed by atoms with van der Waals surface area (Å²) in [5.74, 6) is 0. The Hall–Kier alpha value is -4.26. The molecule has 0 radical (unpaired) electrons. The quantitative estimate of drug-likeness (QED) is 0.203. The zero-order chi connectivity index (χ0) is 32.4. The second-order valence-corrected chi connectivity index (χ2v) is 14.7. The van der Waals surface area contributed by atoms with Crippen LogP contribution in [-0.4, -0.2) is 55.2 Å². The fraction of sp³-hybridized carbons (Fsp3) is 0.303. The number of hydrogen-bond acceptors (Lipinski definition) is 7. The number of anilines is 2. The predicted octanol–water partition coefficient (Wildman–Crippen LogP) is 6.95. The van der Waals surface area contributed by atoms with E-state index in [1.807, 2.05) is 42.5 Å². The number of urea groups is 1. The van der Waals surface area contributed by atoms with E-state index in [0.29, 0.717) is 46.5 Å². The maximum atomic E-state index is 13.8. The van der Waals surface area contributed by atoms with Crippen LogP contribution in [0.25, 0.3) is 21.0 Å². The molecule has 0 aliphatic carbocycles. The molecule has 3 amide bonds. The summed E-state index contributed by atoms with van der Waals surface area (Å²) in [5.41, 5.74) is 2.69. The molecule has 45 heavy (non-hydrogen) atoms. The van der Waals surface area contributed by atoms with Crippen molar-refractivity contribution < 1.29 is 22.7 Å². The molecule has 0 spiro atoms. The van der Waals surface area contributed by atoms with Crippen molar-refractivity contribution in [2.75, 3.05) is 23.3 Å². The van der Waals surface area contributed by atoms with E-state index in [-0.39, 0.29) is 17.0 Å². The minimum absolute atomic E-state index is 0.0719. The Bertz CT molecular complexity index is 1780. The topological polar surface area (TPSA) is 121 Å². The van der Waals surface area contributed by atoms with E-state index in [9.17, 15) is 18.0 Å². The van der Waals surface area contributed by atoms with Crippen molar-refractivity contribution in [1.82, 2.24) is 14.6 Å². The number of nitrogens with zero attached hydrogens (tertiary/aromatic N) is 3. The normalized spacial score (nSPS) is 13.9. The standard InChI is InChI=1S/C33H37N5O5S2/c1-22(2)43-31(39)35-25-13-11-24(12-14-25)30-34-20-28(44-30)27-16-15-26(19-29(27)45(41,42)36-33(3,4)5)38-18-17-37(32(38)40)21-23-9-7-6-8-10-23/h6-16,19-20,22,36H,17-18,21H2,1-5H3,(H,35,39). The van der Waals surface area contributed by atoms with Crippen molar-refractivity contribution >= 4 is 44.9 Å². The average molecular weight is 648 g/mol. The summed E-state index contributed by atoms with van der Waals surface area (Å²) in [6, 6.07) is 21.9. The summed E-state index contributed by atoms with van der Waals surface area (Å²) >= 11 is 1.35. The van der Waals surface area contributed by atoms with E-state index in [4.69, 9.17) is 4.74 Å². The number of carbonyl (C=O) groups excluding carboxylic acids is 2. The third-order valence-corrected chi connectivity index (χ3v) is 9.69. The third-order valence-electron chi connectivity index (χ3n) is 6.81. The number of hydrogen-bond donors (Lipinski definition) is 2. The Labute approximate surface area is 268 Å². The van der Waals surface area contributed by atoms with Gasteiger partial charge in [0.25, 0.3) is 0 Å². The summed E-state index contributed by atoms with van der Waals surface area (Å²) in [6.45, 7) is 10.4. The van der Waals surface area contributed by atoms with Crippen molar-refractivity contribution in [3.05, 3.63) is 84.6 Å². The Morgan fingerprint density at radius 2 is 1.73 bits per heavy atom. The Morgan fingerprint density at radius 3 is 2.40 bits per heavy atom. The van der Waals surface area contributed by atoms with Gasteiger partial charge in [-0.25, -0.2) is 27.7 Å². The van der Waals surface area contributed by atoms with E-state index < -0.39 is 21.7 Å². The summed E-state index contributed by atoms with van der Waals surface area (Å²) < 4.78 is 35.4. The number of benzene rings is 3. The molecule has 0 atom stereocenters. The highest BCUT2D eigenvalue weighted by molar-refractivity contribution is 7.89. The number of ether oxygens (including phenoxy) is 1. The second kappa shape index (κ2) is 13.0. The molecule has 1 fully saturated rings. The number of carbonyl (C=O) groups is 2. The van der Waals surface area contributed by atoms with Crippen molar-refractivity contribution in [3.63, 3.8) is 0 Å². The first kappa shape index (κ1) is 32.1. The Morgan fingerprint density at radius 1 is 1.02 bits per heavy atom. The van der Waals surface area contributed by atoms with Crippen LogP contribution in [0, 0.1) is 0 Å². The molecule has 0 unspecified atom stereocenters. The minimum atomic E-state index is -3.98. The second-order valence-electron chi connectivity index (χ2n) is 12.1. The third kappa shape index (κ3) is 7.88. The van der Waals surface area contributed by atoms with Crippen LogP contribution in [0.15, 0.2) is 83.9 Å². The lowest BCUT2D eigenvalue weighted by atomic mass is 10.1. The summed E-state index contributed by atoms with van der Waals surface area (Å²) in [7, 11) is -3.98. The van der Waals surface area contributed by atoms with Gasteiger partial charge in [-0.15, -0.1) is 11.3 Å². The van der Waals surface area contributed by atoms with Crippen molar-refractivity contribution in [2.24, 2.45) is 0 Å². The molecule has 1 aliphatic rings. The number of thiazole rings is 1. The number of nitrogens with one attached hydrogen (secondary N) is 2. The number of sulfonamides is 1. The molecular weight excluding hydrogens is 611 g/mol. The van der Waals surface area contributed by atoms with Crippen LogP contribution in [0.1, 0.15) is 40.2 Å². The highest BCUT2D eigenvalue weighted by atomic mass is 32.2. The van der Waals surface area contributed by atoms with Crippen LogP contribution in [0.5, 0.6) is 0 Å². The van der Waals surface area contributed by atoms with Gasteiger partial charge < -0.3 is 9.64 Å². The van der Waals surface area contributed by atoms with Gasteiger partial charge in [-0.1, -0.05) is 36.4 Å². The molecule has 1 saturated heterocycles. The molecule has 0 saturated carbocycles. The fourth-order valence-electron chi connectivity index (χ4n) is 4.93. The largest absolute Gasteiger partial charge is 0.447 e. The van der Waals surface area contributed by atoms with E-state index in [1.165, 1.54) is 11.3 Å². The van der Waals surface area contributed by atoms with E-state index in [2.05, 4.69) is 15.0 Å². The molecule has 1 aromatic heterocycles. The predicted molar refractivity (Wildman–Crippen MR) is 178 cm³/mol. The van der Waals surface area contributed by atoms with Gasteiger partial charge in [0.2, 0.25) is 10.0 Å². The fourth-order valence-corrected chi connectivity index (χ4v) is 7.61. The lowest BCUT2D eigenvalue weighted by Gasteiger charge is -2.23. The molecule has 2 heterocycles. The van der Waals surface area contributed by atoms with Crippen molar-refractivity contribution in [3.8, 4) is 21.0 Å². The number of amides is 3. The van der Waals surface area contributed by atoms with Crippen LogP contribution in [0.4, 0.5) is 21.0 Å². The number of rotatable bonds is 9. The van der Waals surface area contributed by atoms with Crippen molar-refractivity contribution in [2.45, 2.75) is 57.7 Å².